The number of hydrogen-bond acceptors (Lipinski definition) is 1. The van der Waals surface area contributed by atoms with Crippen molar-refractivity contribution in [3.05, 3.63) is 82.4 Å². The molecule has 1 nitrogen and oxygen atoms in total. The van der Waals surface area contributed by atoms with E-state index in [-0.39, 0.29) is 6.04 Å². The summed E-state index contributed by atoms with van der Waals surface area (Å²) in [5.41, 5.74) is 3.61. The van der Waals surface area contributed by atoms with Crippen molar-refractivity contribution in [1.29, 1.82) is 0 Å². The van der Waals surface area contributed by atoms with Gasteiger partial charge in [0, 0.05) is 5.02 Å². The van der Waals surface area contributed by atoms with Gasteiger partial charge in [0.15, 0.2) is 0 Å². The Bertz CT molecular complexity index is 779. The first-order valence-electron chi connectivity index (χ1n) is 7.11. The molecule has 0 amide bonds. The van der Waals surface area contributed by atoms with Gasteiger partial charge in [-0.15, -0.1) is 0 Å². The Labute approximate surface area is 130 Å². The predicted octanol–water partition coefficient (Wildman–Crippen LogP) is 5.11. The minimum Gasteiger partial charge on any atom is -0.309 e. The fourth-order valence-electron chi connectivity index (χ4n) is 2.83. The summed E-state index contributed by atoms with van der Waals surface area (Å²) in [6.07, 6.45) is 0. The molecular formula is C19H18ClN. The fraction of sp³-hybridized carbons (Fsp3) is 0.158. The van der Waals surface area contributed by atoms with Crippen LogP contribution in [0.25, 0.3) is 10.8 Å². The van der Waals surface area contributed by atoms with Crippen LogP contribution in [0.1, 0.15) is 22.7 Å². The molecule has 21 heavy (non-hydrogen) atoms. The second kappa shape index (κ2) is 5.88. The number of fused-ring (bicyclic) bond motifs is 1. The number of rotatable bonds is 3. The van der Waals surface area contributed by atoms with E-state index in [1.165, 1.54) is 21.9 Å². The highest BCUT2D eigenvalue weighted by molar-refractivity contribution is 6.31. The third kappa shape index (κ3) is 2.67. The van der Waals surface area contributed by atoms with Crippen LogP contribution in [0, 0.1) is 6.92 Å². The molecule has 3 aromatic carbocycles. The van der Waals surface area contributed by atoms with Crippen LogP contribution in [0.4, 0.5) is 0 Å². The molecule has 0 aliphatic carbocycles. The van der Waals surface area contributed by atoms with Gasteiger partial charge in [0.05, 0.1) is 6.04 Å². The molecule has 2 heteroatoms. The molecule has 106 valence electrons. The number of hydrogen-bond donors (Lipinski definition) is 1. The summed E-state index contributed by atoms with van der Waals surface area (Å²) < 4.78 is 0. The summed E-state index contributed by atoms with van der Waals surface area (Å²) in [5, 5.41) is 6.74. The maximum atomic E-state index is 6.27. The second-order valence-electron chi connectivity index (χ2n) is 5.28. The van der Waals surface area contributed by atoms with E-state index in [1.54, 1.807) is 0 Å². The van der Waals surface area contributed by atoms with Gasteiger partial charge in [-0.05, 0) is 53.6 Å². The van der Waals surface area contributed by atoms with E-state index in [0.717, 1.165) is 10.6 Å². The van der Waals surface area contributed by atoms with E-state index in [2.05, 4.69) is 60.8 Å². The van der Waals surface area contributed by atoms with Gasteiger partial charge >= 0.3 is 0 Å². The normalized spacial score (nSPS) is 12.5. The highest BCUT2D eigenvalue weighted by Gasteiger charge is 2.15. The summed E-state index contributed by atoms with van der Waals surface area (Å²) in [5.74, 6) is 0. The zero-order valence-corrected chi connectivity index (χ0v) is 13.0. The standard InChI is InChI=1S/C19H18ClN/c1-13-17(8-5-9-18(13)20)19(21-2)16-11-10-14-6-3-4-7-15(14)12-16/h3-12,19,21H,1-2H3. The van der Waals surface area contributed by atoms with Crippen LogP contribution in [-0.4, -0.2) is 7.05 Å². The van der Waals surface area contributed by atoms with Crippen molar-refractivity contribution in [1.82, 2.24) is 5.32 Å². The molecule has 1 N–H and O–H groups in total. The SMILES string of the molecule is CNC(c1ccc2ccccc2c1)c1cccc(Cl)c1C. The van der Waals surface area contributed by atoms with Gasteiger partial charge in [-0.1, -0.05) is 60.1 Å². The third-order valence-electron chi connectivity index (χ3n) is 4.02. The monoisotopic (exact) mass is 295 g/mol. The van der Waals surface area contributed by atoms with Crippen molar-refractivity contribution >= 4 is 22.4 Å². The van der Waals surface area contributed by atoms with Crippen LogP contribution in [-0.2, 0) is 0 Å². The van der Waals surface area contributed by atoms with Crippen molar-refractivity contribution in [2.45, 2.75) is 13.0 Å². The van der Waals surface area contributed by atoms with E-state index in [1.807, 2.05) is 19.2 Å². The van der Waals surface area contributed by atoms with Gasteiger partial charge in [0.2, 0.25) is 0 Å². The molecule has 0 spiro atoms. The largest absolute Gasteiger partial charge is 0.309 e. The summed E-state index contributed by atoms with van der Waals surface area (Å²) in [6.45, 7) is 2.07. The lowest BCUT2D eigenvalue weighted by atomic mass is 9.93. The van der Waals surface area contributed by atoms with Crippen molar-refractivity contribution in [3.63, 3.8) is 0 Å². The van der Waals surface area contributed by atoms with E-state index in [9.17, 15) is 0 Å². The molecule has 0 radical (unpaired) electrons. The van der Waals surface area contributed by atoms with Gasteiger partial charge in [-0.25, -0.2) is 0 Å². The average molecular weight is 296 g/mol. The van der Waals surface area contributed by atoms with Gasteiger partial charge in [0.1, 0.15) is 0 Å². The maximum Gasteiger partial charge on any atom is 0.0577 e. The predicted molar refractivity (Wildman–Crippen MR) is 91.0 cm³/mol. The van der Waals surface area contributed by atoms with Crippen molar-refractivity contribution in [2.75, 3.05) is 7.05 Å². The highest BCUT2D eigenvalue weighted by atomic mass is 35.5. The summed E-state index contributed by atoms with van der Waals surface area (Å²) in [4.78, 5) is 0. The topological polar surface area (TPSA) is 12.0 Å². The molecular weight excluding hydrogens is 278 g/mol. The van der Waals surface area contributed by atoms with Gasteiger partial charge in [-0.3, -0.25) is 0 Å². The van der Waals surface area contributed by atoms with Crippen LogP contribution < -0.4 is 5.32 Å². The first-order chi connectivity index (χ1) is 10.2. The maximum absolute atomic E-state index is 6.27. The highest BCUT2D eigenvalue weighted by Crippen LogP contribution is 2.30. The van der Waals surface area contributed by atoms with Gasteiger partial charge < -0.3 is 5.32 Å². The molecule has 0 aliphatic heterocycles. The van der Waals surface area contributed by atoms with Crippen LogP contribution in [0.15, 0.2) is 60.7 Å². The van der Waals surface area contributed by atoms with E-state index in [0.29, 0.717) is 0 Å². The van der Waals surface area contributed by atoms with E-state index >= 15 is 0 Å². The second-order valence-corrected chi connectivity index (χ2v) is 5.69. The van der Waals surface area contributed by atoms with Crippen molar-refractivity contribution < 1.29 is 0 Å². The molecule has 1 atom stereocenters. The number of halogens is 1. The minimum absolute atomic E-state index is 0.147. The van der Waals surface area contributed by atoms with E-state index in [4.69, 9.17) is 11.6 Å². The Morgan fingerprint density at radius 3 is 2.43 bits per heavy atom. The van der Waals surface area contributed by atoms with Crippen molar-refractivity contribution in [3.8, 4) is 0 Å². The number of nitrogens with one attached hydrogen (secondary N) is 1. The molecule has 0 aliphatic rings. The van der Waals surface area contributed by atoms with Crippen LogP contribution in [0.5, 0.6) is 0 Å². The molecule has 0 heterocycles. The first-order valence-corrected chi connectivity index (χ1v) is 7.49. The Hall–Kier alpha value is -1.83. The molecule has 0 aromatic heterocycles. The summed E-state index contributed by atoms with van der Waals surface area (Å²) in [7, 11) is 1.99. The average Bonchev–Trinajstić information content (AvgIpc) is 2.52. The van der Waals surface area contributed by atoms with Gasteiger partial charge in [-0.2, -0.15) is 0 Å². The van der Waals surface area contributed by atoms with E-state index < -0.39 is 0 Å². The molecule has 0 saturated heterocycles. The molecule has 3 rings (SSSR count). The lowest BCUT2D eigenvalue weighted by Gasteiger charge is -2.20. The molecule has 1 unspecified atom stereocenters. The zero-order valence-electron chi connectivity index (χ0n) is 12.2. The Morgan fingerprint density at radius 2 is 1.67 bits per heavy atom. The molecule has 0 saturated carbocycles. The quantitative estimate of drug-likeness (QED) is 0.708. The fourth-order valence-corrected chi connectivity index (χ4v) is 3.01. The van der Waals surface area contributed by atoms with Crippen LogP contribution in [0.3, 0.4) is 0 Å². The molecule has 3 aromatic rings. The summed E-state index contributed by atoms with van der Waals surface area (Å²) in [6, 6.07) is 21.3. The lowest BCUT2D eigenvalue weighted by Crippen LogP contribution is -2.18. The van der Waals surface area contributed by atoms with Crippen LogP contribution in [0.2, 0.25) is 5.02 Å². The van der Waals surface area contributed by atoms with Gasteiger partial charge in [0.25, 0.3) is 0 Å². The lowest BCUT2D eigenvalue weighted by molar-refractivity contribution is 0.688. The minimum atomic E-state index is 0.147. The summed E-state index contributed by atoms with van der Waals surface area (Å²) >= 11 is 6.27. The Balaban J connectivity index is 2.11. The Kier molecular flexibility index (Phi) is 3.96. The smallest absolute Gasteiger partial charge is 0.0577 e. The molecule has 0 fully saturated rings. The zero-order chi connectivity index (χ0) is 14.8. The third-order valence-corrected chi connectivity index (χ3v) is 4.43. The number of benzene rings is 3. The Morgan fingerprint density at radius 1 is 0.905 bits per heavy atom. The first kappa shape index (κ1) is 14.1. The van der Waals surface area contributed by atoms with Crippen LogP contribution >= 0.6 is 11.6 Å². The molecule has 0 bridgehead atoms. The van der Waals surface area contributed by atoms with Crippen molar-refractivity contribution in [2.24, 2.45) is 0 Å².